The molecule has 1 aliphatic heterocycles. The lowest BCUT2D eigenvalue weighted by molar-refractivity contribution is -0.125. The lowest BCUT2D eigenvalue weighted by Crippen LogP contribution is -2.41. The number of fused-ring (bicyclic) bond motifs is 2. The molecule has 0 unspecified atom stereocenters. The standard InChI is InChI=1S/C26H28N4O2/c1-32-20-6-7-24-22(16-20)25(9-13-27-24)30-14-10-18(11-15-30)26(31)28-12-8-19-17-29-23-5-3-2-4-21(19)23/h2-7,9,13,16-18,29H,8,10-12,14-15H2,1H3,(H,28,31). The summed E-state index contributed by atoms with van der Waals surface area (Å²) in [7, 11) is 1.68. The molecule has 1 amide bonds. The molecule has 0 spiro atoms. The van der Waals surface area contributed by atoms with Gasteiger partial charge in [-0.3, -0.25) is 9.78 Å². The predicted molar refractivity (Wildman–Crippen MR) is 128 cm³/mol. The van der Waals surface area contributed by atoms with Crippen LogP contribution in [0.1, 0.15) is 18.4 Å². The van der Waals surface area contributed by atoms with E-state index in [1.165, 1.54) is 10.9 Å². The summed E-state index contributed by atoms with van der Waals surface area (Å²) in [4.78, 5) is 22.9. The van der Waals surface area contributed by atoms with Crippen molar-refractivity contribution in [2.45, 2.75) is 19.3 Å². The molecule has 0 atom stereocenters. The van der Waals surface area contributed by atoms with Crippen LogP contribution in [0.25, 0.3) is 21.8 Å². The highest BCUT2D eigenvalue weighted by atomic mass is 16.5. The second kappa shape index (κ2) is 8.91. The van der Waals surface area contributed by atoms with E-state index < -0.39 is 0 Å². The van der Waals surface area contributed by atoms with Gasteiger partial charge >= 0.3 is 0 Å². The molecule has 0 bridgehead atoms. The van der Waals surface area contributed by atoms with E-state index in [9.17, 15) is 4.79 Å². The molecular weight excluding hydrogens is 400 g/mol. The van der Waals surface area contributed by atoms with Crippen LogP contribution >= 0.6 is 0 Å². The highest BCUT2D eigenvalue weighted by molar-refractivity contribution is 5.92. The van der Waals surface area contributed by atoms with Crippen LogP contribution in [-0.2, 0) is 11.2 Å². The van der Waals surface area contributed by atoms with E-state index in [2.05, 4.69) is 38.4 Å². The lowest BCUT2D eigenvalue weighted by atomic mass is 9.95. The SMILES string of the molecule is COc1ccc2nccc(N3CCC(C(=O)NCCc4c[nH]c5ccccc45)CC3)c2c1. The molecule has 3 heterocycles. The Labute approximate surface area is 187 Å². The Hall–Kier alpha value is -3.54. The van der Waals surface area contributed by atoms with E-state index in [-0.39, 0.29) is 11.8 Å². The molecule has 0 radical (unpaired) electrons. The van der Waals surface area contributed by atoms with Gasteiger partial charge in [-0.25, -0.2) is 0 Å². The average molecular weight is 429 g/mol. The van der Waals surface area contributed by atoms with Gasteiger partial charge in [-0.15, -0.1) is 0 Å². The number of anilines is 1. The maximum Gasteiger partial charge on any atom is 0.223 e. The quantitative estimate of drug-likeness (QED) is 0.480. The fourth-order valence-corrected chi connectivity index (χ4v) is 4.70. The van der Waals surface area contributed by atoms with Crippen LogP contribution in [0, 0.1) is 5.92 Å². The number of aromatic amines is 1. The van der Waals surface area contributed by atoms with Gasteiger partial charge in [0.05, 0.1) is 12.6 Å². The molecule has 164 valence electrons. The molecule has 2 aromatic heterocycles. The first-order valence-electron chi connectivity index (χ1n) is 11.2. The molecule has 1 fully saturated rings. The number of hydrogen-bond donors (Lipinski definition) is 2. The van der Waals surface area contributed by atoms with Crippen LogP contribution in [0.4, 0.5) is 5.69 Å². The zero-order chi connectivity index (χ0) is 21.9. The number of nitrogens with zero attached hydrogens (tertiary/aromatic N) is 2. The van der Waals surface area contributed by atoms with Crippen molar-refractivity contribution in [2.24, 2.45) is 5.92 Å². The van der Waals surface area contributed by atoms with Crippen LogP contribution in [0.3, 0.4) is 0 Å². The summed E-state index contributed by atoms with van der Waals surface area (Å²) in [5.41, 5.74) is 4.51. The van der Waals surface area contributed by atoms with E-state index in [0.29, 0.717) is 6.54 Å². The van der Waals surface area contributed by atoms with Crippen LogP contribution in [0.2, 0.25) is 0 Å². The second-order valence-electron chi connectivity index (χ2n) is 8.38. The van der Waals surface area contributed by atoms with Crippen molar-refractivity contribution in [3.8, 4) is 5.75 Å². The Morgan fingerprint density at radius 3 is 2.84 bits per heavy atom. The first-order valence-corrected chi connectivity index (χ1v) is 11.2. The van der Waals surface area contributed by atoms with Gasteiger partial charge in [0.1, 0.15) is 5.75 Å². The zero-order valence-electron chi connectivity index (χ0n) is 18.3. The molecule has 1 saturated heterocycles. The van der Waals surface area contributed by atoms with Crippen LogP contribution in [0.15, 0.2) is 60.9 Å². The summed E-state index contributed by atoms with van der Waals surface area (Å²) >= 11 is 0. The van der Waals surface area contributed by atoms with Crippen molar-refractivity contribution in [3.63, 3.8) is 0 Å². The fraction of sp³-hybridized carbons (Fsp3) is 0.308. The summed E-state index contributed by atoms with van der Waals surface area (Å²) in [6.07, 6.45) is 6.44. The highest BCUT2D eigenvalue weighted by Gasteiger charge is 2.25. The van der Waals surface area contributed by atoms with E-state index in [1.54, 1.807) is 7.11 Å². The van der Waals surface area contributed by atoms with Crippen molar-refractivity contribution in [3.05, 3.63) is 66.5 Å². The largest absolute Gasteiger partial charge is 0.497 e. The Balaban J connectivity index is 1.18. The van der Waals surface area contributed by atoms with E-state index in [1.807, 2.05) is 42.7 Å². The number of H-pyrrole nitrogens is 1. The number of methoxy groups -OCH3 is 1. The number of benzene rings is 2. The molecular formula is C26H28N4O2. The van der Waals surface area contributed by atoms with Gasteiger partial charge in [0.15, 0.2) is 0 Å². The number of piperidine rings is 1. The van der Waals surface area contributed by atoms with Gasteiger partial charge in [-0.2, -0.15) is 0 Å². The van der Waals surface area contributed by atoms with E-state index in [0.717, 1.165) is 60.2 Å². The molecule has 6 nitrogen and oxygen atoms in total. The van der Waals surface area contributed by atoms with Gasteiger partial charge in [0, 0.05) is 59.9 Å². The third-order valence-electron chi connectivity index (χ3n) is 6.50. The maximum absolute atomic E-state index is 12.8. The maximum atomic E-state index is 12.8. The molecule has 2 N–H and O–H groups in total. The average Bonchev–Trinajstić information content (AvgIpc) is 3.26. The molecule has 32 heavy (non-hydrogen) atoms. The number of hydrogen-bond acceptors (Lipinski definition) is 4. The fourth-order valence-electron chi connectivity index (χ4n) is 4.70. The topological polar surface area (TPSA) is 70.2 Å². The van der Waals surface area contributed by atoms with E-state index in [4.69, 9.17) is 4.74 Å². The van der Waals surface area contributed by atoms with Gasteiger partial charge in [-0.05, 0) is 55.2 Å². The second-order valence-corrected chi connectivity index (χ2v) is 8.38. The third-order valence-corrected chi connectivity index (χ3v) is 6.50. The highest BCUT2D eigenvalue weighted by Crippen LogP contribution is 2.31. The number of ether oxygens (including phenoxy) is 1. The molecule has 6 heteroatoms. The Kier molecular flexibility index (Phi) is 5.67. The molecule has 4 aromatic rings. The minimum absolute atomic E-state index is 0.0665. The van der Waals surface area contributed by atoms with Gasteiger partial charge in [0.25, 0.3) is 0 Å². The first kappa shape index (κ1) is 20.4. The van der Waals surface area contributed by atoms with Crippen molar-refractivity contribution in [1.82, 2.24) is 15.3 Å². The number of amides is 1. The Morgan fingerprint density at radius 1 is 1.16 bits per heavy atom. The van der Waals surface area contributed by atoms with Gasteiger partial charge in [-0.1, -0.05) is 18.2 Å². The minimum Gasteiger partial charge on any atom is -0.497 e. The number of carbonyl (C=O) groups excluding carboxylic acids is 1. The molecule has 1 aliphatic rings. The summed E-state index contributed by atoms with van der Waals surface area (Å²) in [6.45, 7) is 2.38. The molecule has 5 rings (SSSR count). The monoisotopic (exact) mass is 428 g/mol. The third kappa shape index (κ3) is 4.00. The van der Waals surface area contributed by atoms with Crippen LogP contribution in [-0.4, -0.2) is 42.6 Å². The smallest absolute Gasteiger partial charge is 0.223 e. The normalized spacial score (nSPS) is 14.7. The summed E-state index contributed by atoms with van der Waals surface area (Å²) < 4.78 is 5.40. The number of aromatic nitrogens is 2. The van der Waals surface area contributed by atoms with Crippen LogP contribution < -0.4 is 15.0 Å². The van der Waals surface area contributed by atoms with Crippen molar-refractivity contribution in [2.75, 3.05) is 31.6 Å². The lowest BCUT2D eigenvalue weighted by Gasteiger charge is -2.33. The number of pyridine rings is 1. The summed E-state index contributed by atoms with van der Waals surface area (Å²) in [5.74, 6) is 1.07. The number of rotatable bonds is 6. The predicted octanol–water partition coefficient (Wildman–Crippen LogP) is 4.30. The minimum atomic E-state index is 0.0665. The molecule has 0 saturated carbocycles. The van der Waals surface area contributed by atoms with E-state index >= 15 is 0 Å². The number of carbonyl (C=O) groups is 1. The Morgan fingerprint density at radius 2 is 2.00 bits per heavy atom. The van der Waals surface area contributed by atoms with Crippen molar-refractivity contribution >= 4 is 33.4 Å². The first-order chi connectivity index (χ1) is 15.7. The number of nitrogens with one attached hydrogen (secondary N) is 2. The summed E-state index contributed by atoms with van der Waals surface area (Å²) in [5, 5.41) is 5.48. The van der Waals surface area contributed by atoms with Gasteiger partial charge < -0.3 is 19.9 Å². The zero-order valence-corrected chi connectivity index (χ0v) is 18.3. The van der Waals surface area contributed by atoms with Crippen LogP contribution in [0.5, 0.6) is 5.75 Å². The van der Waals surface area contributed by atoms with Crippen molar-refractivity contribution < 1.29 is 9.53 Å². The summed E-state index contributed by atoms with van der Waals surface area (Å²) in [6, 6.07) is 16.3. The Bertz CT molecular complexity index is 1240. The van der Waals surface area contributed by atoms with Crippen molar-refractivity contribution in [1.29, 1.82) is 0 Å². The van der Waals surface area contributed by atoms with Gasteiger partial charge in [0.2, 0.25) is 5.91 Å². The number of para-hydroxylation sites is 1. The molecule has 0 aliphatic carbocycles. The molecule has 2 aromatic carbocycles.